The zero-order chi connectivity index (χ0) is 14.5. The average Bonchev–Trinajstić information content (AvgIpc) is 2.88. The van der Waals surface area contributed by atoms with Crippen LogP contribution in [0.2, 0.25) is 0 Å². The number of carboxylic acid groups (broad SMARTS) is 1. The van der Waals surface area contributed by atoms with Crippen molar-refractivity contribution in [1.82, 2.24) is 15.2 Å². The quantitative estimate of drug-likeness (QED) is 0.427. The number of carbonyl (C=O) groups excluding carboxylic acids is 1. The molecule has 0 radical (unpaired) electrons. The monoisotopic (exact) mass is 273 g/mol. The highest BCUT2D eigenvalue weighted by atomic mass is 16.4. The number of pyridine rings is 1. The summed E-state index contributed by atoms with van der Waals surface area (Å²) in [7, 11) is 0. The van der Waals surface area contributed by atoms with Gasteiger partial charge in [0.25, 0.3) is 0 Å². The van der Waals surface area contributed by atoms with Crippen molar-refractivity contribution in [2.24, 2.45) is 0 Å². The van der Waals surface area contributed by atoms with Gasteiger partial charge in [0.2, 0.25) is 11.5 Å². The molecule has 20 heavy (non-hydrogen) atoms. The molecule has 3 N–H and O–H groups in total. The van der Waals surface area contributed by atoms with Crippen molar-refractivity contribution in [3.8, 4) is 0 Å². The number of aromatic nitrogens is 3. The summed E-state index contributed by atoms with van der Waals surface area (Å²) in [6, 6.07) is 6.95. The van der Waals surface area contributed by atoms with Gasteiger partial charge < -0.3 is 10.2 Å². The molecule has 0 spiro atoms. The lowest BCUT2D eigenvalue weighted by atomic mass is 10.2. The first-order valence-electron chi connectivity index (χ1n) is 5.68. The number of nitrogens with zero attached hydrogens (tertiary/aromatic N) is 2. The van der Waals surface area contributed by atoms with Crippen molar-refractivity contribution in [1.29, 1.82) is 0 Å². The van der Waals surface area contributed by atoms with Crippen molar-refractivity contribution in [2.75, 3.05) is 0 Å². The number of nitrogens with one attached hydrogen (secondary N) is 1. The van der Waals surface area contributed by atoms with E-state index >= 15 is 0 Å². The van der Waals surface area contributed by atoms with Gasteiger partial charge in [-0.15, -0.1) is 0 Å². The highest BCUT2D eigenvalue weighted by Gasteiger charge is 2.12. The molecule has 2 aromatic rings. The molecular weight excluding hydrogens is 262 g/mol. The number of rotatable bonds is 5. The van der Waals surface area contributed by atoms with Crippen molar-refractivity contribution in [2.45, 2.75) is 6.42 Å². The van der Waals surface area contributed by atoms with Crippen molar-refractivity contribution >= 4 is 11.8 Å². The van der Waals surface area contributed by atoms with Gasteiger partial charge in [0.1, 0.15) is 5.69 Å². The normalized spacial score (nSPS) is 11.3. The summed E-state index contributed by atoms with van der Waals surface area (Å²) in [4.78, 5) is 26.2. The molecular formula is C13H11N3O4. The largest absolute Gasteiger partial charge is 0.502 e. The van der Waals surface area contributed by atoms with Gasteiger partial charge in [-0.2, -0.15) is 5.10 Å². The molecule has 0 bridgehead atoms. The second kappa shape index (κ2) is 5.79. The zero-order valence-electron chi connectivity index (χ0n) is 10.3. The third kappa shape index (κ3) is 3.29. The number of hydrogen-bond acceptors (Lipinski definition) is 5. The van der Waals surface area contributed by atoms with Crippen LogP contribution in [0.3, 0.4) is 0 Å². The summed E-state index contributed by atoms with van der Waals surface area (Å²) in [6.45, 7) is 0. The Morgan fingerprint density at radius 3 is 2.70 bits per heavy atom. The first-order chi connectivity index (χ1) is 9.56. The van der Waals surface area contributed by atoms with E-state index in [0.29, 0.717) is 18.2 Å². The Balaban J connectivity index is 2.11. The molecule has 0 aliphatic carbocycles. The molecule has 0 atom stereocenters. The predicted molar refractivity (Wildman–Crippen MR) is 68.3 cm³/mol. The third-order valence-electron chi connectivity index (χ3n) is 2.47. The highest BCUT2D eigenvalue weighted by molar-refractivity contribution is 6.06. The number of aliphatic hydroxyl groups is 1. The number of carboxylic acids is 1. The maximum absolute atomic E-state index is 11.6. The van der Waals surface area contributed by atoms with E-state index in [1.54, 1.807) is 12.3 Å². The summed E-state index contributed by atoms with van der Waals surface area (Å²) in [6.07, 6.45) is 2.72. The van der Waals surface area contributed by atoms with Crippen LogP contribution in [0, 0.1) is 0 Å². The van der Waals surface area contributed by atoms with Gasteiger partial charge >= 0.3 is 5.97 Å². The molecule has 0 amide bonds. The van der Waals surface area contributed by atoms with Gasteiger partial charge in [-0.25, -0.2) is 4.79 Å². The van der Waals surface area contributed by atoms with E-state index in [0.717, 1.165) is 5.69 Å². The van der Waals surface area contributed by atoms with Gasteiger partial charge in [-0.1, -0.05) is 6.07 Å². The van der Waals surface area contributed by atoms with Crippen LogP contribution in [0.15, 0.2) is 42.3 Å². The Morgan fingerprint density at radius 2 is 2.05 bits per heavy atom. The van der Waals surface area contributed by atoms with Crippen LogP contribution in [-0.4, -0.2) is 37.1 Å². The van der Waals surface area contributed by atoms with Crippen LogP contribution in [-0.2, 0) is 11.2 Å². The van der Waals surface area contributed by atoms with E-state index in [2.05, 4.69) is 15.2 Å². The Bertz CT molecular complexity index is 661. The van der Waals surface area contributed by atoms with E-state index in [-0.39, 0.29) is 5.69 Å². The maximum Gasteiger partial charge on any atom is 0.371 e. The van der Waals surface area contributed by atoms with Gasteiger partial charge in [0, 0.05) is 24.4 Å². The molecule has 102 valence electrons. The topological polar surface area (TPSA) is 116 Å². The fraction of sp³-hybridized carbons (Fsp3) is 0.0769. The lowest BCUT2D eigenvalue weighted by Crippen LogP contribution is -2.04. The third-order valence-corrected chi connectivity index (χ3v) is 2.47. The molecule has 0 saturated carbocycles. The molecule has 7 heteroatoms. The standard InChI is InChI=1S/C13H11N3O4/c17-11(7-12(18)13(19)20)10-6-9(15-16-10)5-8-3-1-2-4-14-8/h1-4,6-7,18H,5H2,(H,15,16)(H,19,20). The van der Waals surface area contributed by atoms with Crippen LogP contribution in [0.4, 0.5) is 0 Å². The SMILES string of the molecule is O=C(O)C(O)=CC(=O)c1cc(Cc2ccccn2)n[nH]1. The number of aliphatic carboxylic acids is 1. The van der Waals surface area contributed by atoms with Crippen molar-refractivity contribution in [3.05, 3.63) is 59.4 Å². The van der Waals surface area contributed by atoms with Crippen molar-refractivity contribution in [3.63, 3.8) is 0 Å². The number of aliphatic hydroxyl groups excluding tert-OH is 1. The molecule has 7 nitrogen and oxygen atoms in total. The van der Waals surface area contributed by atoms with Gasteiger partial charge in [-0.05, 0) is 18.2 Å². The number of allylic oxidation sites excluding steroid dienone is 1. The van der Waals surface area contributed by atoms with E-state index < -0.39 is 17.5 Å². The molecule has 0 saturated heterocycles. The minimum absolute atomic E-state index is 0.101. The summed E-state index contributed by atoms with van der Waals surface area (Å²) < 4.78 is 0. The van der Waals surface area contributed by atoms with Crippen LogP contribution in [0.25, 0.3) is 0 Å². The molecule has 2 aromatic heterocycles. The van der Waals surface area contributed by atoms with E-state index in [9.17, 15) is 9.59 Å². The summed E-state index contributed by atoms with van der Waals surface area (Å²) in [5.41, 5.74) is 1.49. The molecule has 0 unspecified atom stereocenters. The molecule has 2 rings (SSSR count). The zero-order valence-corrected chi connectivity index (χ0v) is 10.3. The minimum Gasteiger partial charge on any atom is -0.502 e. The summed E-state index contributed by atoms with van der Waals surface area (Å²) >= 11 is 0. The van der Waals surface area contributed by atoms with Crippen LogP contribution < -0.4 is 0 Å². The Hall–Kier alpha value is -2.96. The number of H-pyrrole nitrogens is 1. The maximum atomic E-state index is 11.6. The Morgan fingerprint density at radius 1 is 1.25 bits per heavy atom. The smallest absolute Gasteiger partial charge is 0.371 e. The lowest BCUT2D eigenvalue weighted by molar-refractivity contribution is -0.135. The fourth-order valence-electron chi connectivity index (χ4n) is 1.53. The molecule has 0 aliphatic rings. The predicted octanol–water partition coefficient (Wildman–Crippen LogP) is 1.10. The lowest BCUT2D eigenvalue weighted by Gasteiger charge is -1.94. The first kappa shape index (κ1) is 13.5. The molecule has 0 aliphatic heterocycles. The fourth-order valence-corrected chi connectivity index (χ4v) is 1.53. The average molecular weight is 273 g/mol. The van der Waals surface area contributed by atoms with Crippen LogP contribution >= 0.6 is 0 Å². The van der Waals surface area contributed by atoms with E-state index in [1.165, 1.54) is 6.07 Å². The van der Waals surface area contributed by atoms with Gasteiger partial charge in [0.05, 0.1) is 5.69 Å². The highest BCUT2D eigenvalue weighted by Crippen LogP contribution is 2.07. The number of carbonyl (C=O) groups is 2. The van der Waals surface area contributed by atoms with E-state index in [1.807, 2.05) is 12.1 Å². The minimum atomic E-state index is -1.56. The van der Waals surface area contributed by atoms with Gasteiger partial charge in [0.15, 0.2) is 0 Å². The Labute approximate surface area is 113 Å². The molecule has 0 aromatic carbocycles. The number of ketones is 1. The van der Waals surface area contributed by atoms with Crippen LogP contribution in [0.1, 0.15) is 21.9 Å². The van der Waals surface area contributed by atoms with Crippen molar-refractivity contribution < 1.29 is 19.8 Å². The summed E-state index contributed by atoms with van der Waals surface area (Å²) in [5, 5.41) is 23.9. The second-order valence-corrected chi connectivity index (χ2v) is 3.97. The second-order valence-electron chi connectivity index (χ2n) is 3.97. The van der Waals surface area contributed by atoms with Crippen LogP contribution in [0.5, 0.6) is 0 Å². The number of aromatic amines is 1. The first-order valence-corrected chi connectivity index (χ1v) is 5.68. The van der Waals surface area contributed by atoms with Gasteiger partial charge in [-0.3, -0.25) is 14.9 Å². The molecule has 0 fully saturated rings. The number of hydrogen-bond donors (Lipinski definition) is 3. The Kier molecular flexibility index (Phi) is 3.90. The van der Waals surface area contributed by atoms with E-state index in [4.69, 9.17) is 10.2 Å². The molecule has 2 heterocycles. The summed E-state index contributed by atoms with van der Waals surface area (Å²) in [5.74, 6) is -3.24.